The topological polar surface area (TPSA) is 82.1 Å². The van der Waals surface area contributed by atoms with Crippen LogP contribution >= 0.6 is 0 Å². The van der Waals surface area contributed by atoms with E-state index in [1.807, 2.05) is 32.6 Å². The minimum atomic E-state index is -0.255. The summed E-state index contributed by atoms with van der Waals surface area (Å²) in [6, 6.07) is 0. The number of hydrogen-bond donors (Lipinski definition) is 0. The van der Waals surface area contributed by atoms with E-state index in [9.17, 15) is 14.4 Å². The van der Waals surface area contributed by atoms with Gasteiger partial charge in [0.1, 0.15) is 19.8 Å². The maximum atomic E-state index is 11.1. The fourth-order valence-electron chi connectivity index (χ4n) is 1.51. The fraction of sp³-hybridized carbons (Fsp3) is 0.842. The summed E-state index contributed by atoms with van der Waals surface area (Å²) >= 11 is 0. The summed E-state index contributed by atoms with van der Waals surface area (Å²) in [4.78, 5) is 35.2. The van der Waals surface area contributed by atoms with Gasteiger partial charge in [-0.2, -0.15) is 0 Å². The molecule has 0 saturated heterocycles. The first-order valence-corrected chi connectivity index (χ1v) is 9.72. The summed E-state index contributed by atoms with van der Waals surface area (Å²) in [5, 5.41) is 0. The van der Waals surface area contributed by atoms with Crippen LogP contribution in [0.3, 0.4) is 0 Å². The first kappa shape index (κ1) is 29.1. The van der Waals surface area contributed by atoms with E-state index in [1.165, 1.54) is 0 Å². The van der Waals surface area contributed by atoms with Gasteiger partial charge in [-0.3, -0.25) is 19.3 Å². The molecule has 0 aliphatic carbocycles. The predicted molar refractivity (Wildman–Crippen MR) is 103 cm³/mol. The SMILES string of the molecule is CC.CC.CCC(=O)OCCN(CCOC(=O)CC)CCOC(=O)CC. The number of nitrogens with zero attached hydrogens (tertiary/aromatic N) is 1. The molecule has 0 aliphatic heterocycles. The highest BCUT2D eigenvalue weighted by Gasteiger charge is 2.09. The maximum Gasteiger partial charge on any atom is 0.305 e. The van der Waals surface area contributed by atoms with Gasteiger partial charge in [0.2, 0.25) is 0 Å². The van der Waals surface area contributed by atoms with Crippen molar-refractivity contribution in [2.75, 3.05) is 39.5 Å². The van der Waals surface area contributed by atoms with E-state index in [0.29, 0.717) is 38.9 Å². The van der Waals surface area contributed by atoms with Crippen molar-refractivity contribution in [1.82, 2.24) is 4.90 Å². The van der Waals surface area contributed by atoms with E-state index in [2.05, 4.69) is 0 Å². The molecule has 0 rings (SSSR count). The summed E-state index contributed by atoms with van der Waals surface area (Å²) in [5.41, 5.74) is 0. The van der Waals surface area contributed by atoms with Gasteiger partial charge in [0.05, 0.1) is 0 Å². The fourth-order valence-corrected chi connectivity index (χ4v) is 1.51. The van der Waals surface area contributed by atoms with Gasteiger partial charge in [-0.25, -0.2) is 0 Å². The van der Waals surface area contributed by atoms with Gasteiger partial charge in [-0.15, -0.1) is 0 Å². The van der Waals surface area contributed by atoms with E-state index < -0.39 is 0 Å². The Morgan fingerprint density at radius 1 is 0.577 bits per heavy atom. The Bertz CT molecular complexity index is 295. The highest BCUT2D eigenvalue weighted by Crippen LogP contribution is 1.95. The highest BCUT2D eigenvalue weighted by molar-refractivity contribution is 5.69. The van der Waals surface area contributed by atoms with Crippen molar-refractivity contribution in [1.29, 1.82) is 0 Å². The second kappa shape index (κ2) is 23.4. The molecule has 0 heterocycles. The summed E-state index contributed by atoms with van der Waals surface area (Å²) in [7, 11) is 0. The lowest BCUT2D eigenvalue weighted by Gasteiger charge is -2.21. The van der Waals surface area contributed by atoms with E-state index >= 15 is 0 Å². The zero-order valence-electron chi connectivity index (χ0n) is 17.8. The molecule has 0 radical (unpaired) electrons. The van der Waals surface area contributed by atoms with Crippen LogP contribution in [0.1, 0.15) is 67.7 Å². The minimum absolute atomic E-state index is 0.255. The van der Waals surface area contributed by atoms with Gasteiger partial charge < -0.3 is 14.2 Å². The number of rotatable bonds is 12. The normalized spacial score (nSPS) is 9.23. The first-order chi connectivity index (χ1) is 12.5. The molecule has 0 aromatic carbocycles. The van der Waals surface area contributed by atoms with E-state index in [0.717, 1.165) is 0 Å². The Balaban J connectivity index is -0.00000123. The molecule has 0 fully saturated rings. The molecule has 0 bridgehead atoms. The van der Waals surface area contributed by atoms with E-state index in [-0.39, 0.29) is 37.7 Å². The van der Waals surface area contributed by atoms with Crippen LogP contribution < -0.4 is 0 Å². The molecule has 0 atom stereocenters. The Morgan fingerprint density at radius 3 is 1.00 bits per heavy atom. The lowest BCUT2D eigenvalue weighted by molar-refractivity contribution is -0.144. The van der Waals surface area contributed by atoms with Crippen LogP contribution in [0, 0.1) is 0 Å². The van der Waals surface area contributed by atoms with Crippen LogP contribution in [-0.4, -0.2) is 62.3 Å². The van der Waals surface area contributed by atoms with E-state index in [4.69, 9.17) is 14.2 Å². The molecule has 0 aliphatic rings. The van der Waals surface area contributed by atoms with Crippen molar-refractivity contribution in [3.63, 3.8) is 0 Å². The molecule has 26 heavy (non-hydrogen) atoms. The maximum absolute atomic E-state index is 11.1. The van der Waals surface area contributed by atoms with Crippen LogP contribution in [0.4, 0.5) is 0 Å². The van der Waals surface area contributed by atoms with Crippen molar-refractivity contribution < 1.29 is 28.6 Å². The zero-order chi connectivity index (χ0) is 20.8. The molecular formula is C19H39NO6. The Labute approximate surface area is 159 Å². The molecule has 0 aromatic rings. The number of carbonyl (C=O) groups is 3. The summed E-state index contributed by atoms with van der Waals surface area (Å²) in [6.07, 6.45) is 1.01. The van der Waals surface area contributed by atoms with Crippen molar-refractivity contribution >= 4 is 17.9 Å². The van der Waals surface area contributed by atoms with Crippen molar-refractivity contribution in [3.05, 3.63) is 0 Å². The lowest BCUT2D eigenvalue weighted by Crippen LogP contribution is -2.35. The van der Waals surface area contributed by atoms with Crippen LogP contribution in [0.15, 0.2) is 0 Å². The molecule has 7 heteroatoms. The third-order valence-electron chi connectivity index (χ3n) is 2.88. The predicted octanol–water partition coefficient (Wildman–Crippen LogP) is 3.20. The minimum Gasteiger partial charge on any atom is -0.464 e. The van der Waals surface area contributed by atoms with Crippen LogP contribution in [-0.2, 0) is 28.6 Å². The molecular weight excluding hydrogens is 338 g/mol. The number of ether oxygens (including phenoxy) is 3. The second-order valence-corrected chi connectivity index (χ2v) is 4.56. The second-order valence-electron chi connectivity index (χ2n) is 4.56. The molecule has 0 unspecified atom stereocenters. The van der Waals surface area contributed by atoms with Crippen LogP contribution in [0.5, 0.6) is 0 Å². The number of carbonyl (C=O) groups excluding carboxylic acids is 3. The third-order valence-corrected chi connectivity index (χ3v) is 2.88. The van der Waals surface area contributed by atoms with Gasteiger partial charge in [0.15, 0.2) is 0 Å². The molecule has 0 spiro atoms. The summed E-state index contributed by atoms with van der Waals surface area (Å²) in [5.74, 6) is -0.765. The van der Waals surface area contributed by atoms with Gasteiger partial charge in [0, 0.05) is 38.9 Å². The smallest absolute Gasteiger partial charge is 0.305 e. The Morgan fingerprint density at radius 2 is 0.808 bits per heavy atom. The standard InChI is InChI=1S/C15H27NO6.2C2H6/c1-4-13(17)20-10-7-16(8-11-21-14(18)5-2)9-12-22-15(19)6-3;2*1-2/h4-12H2,1-3H3;2*1-2H3. The molecule has 0 saturated carbocycles. The van der Waals surface area contributed by atoms with Crippen molar-refractivity contribution in [3.8, 4) is 0 Å². The quantitative estimate of drug-likeness (QED) is 0.381. The number of hydrogen-bond acceptors (Lipinski definition) is 7. The van der Waals surface area contributed by atoms with Crippen LogP contribution in [0.25, 0.3) is 0 Å². The van der Waals surface area contributed by atoms with Crippen LogP contribution in [0.2, 0.25) is 0 Å². The van der Waals surface area contributed by atoms with Gasteiger partial charge >= 0.3 is 17.9 Å². The molecule has 156 valence electrons. The van der Waals surface area contributed by atoms with Crippen molar-refractivity contribution in [2.45, 2.75) is 67.7 Å². The van der Waals surface area contributed by atoms with E-state index in [1.54, 1.807) is 20.8 Å². The molecule has 7 nitrogen and oxygen atoms in total. The summed E-state index contributed by atoms with van der Waals surface area (Å²) < 4.78 is 15.1. The highest BCUT2D eigenvalue weighted by atomic mass is 16.5. The van der Waals surface area contributed by atoms with Crippen molar-refractivity contribution in [2.24, 2.45) is 0 Å². The summed E-state index contributed by atoms with van der Waals surface area (Å²) in [6.45, 7) is 15.5. The Hall–Kier alpha value is -1.63. The Kier molecular flexibility index (Phi) is 26.2. The average molecular weight is 378 g/mol. The first-order valence-electron chi connectivity index (χ1n) is 9.72. The largest absolute Gasteiger partial charge is 0.464 e. The molecule has 0 aromatic heterocycles. The monoisotopic (exact) mass is 377 g/mol. The van der Waals surface area contributed by atoms with Gasteiger partial charge in [0.25, 0.3) is 0 Å². The molecule has 0 N–H and O–H groups in total. The third kappa shape index (κ3) is 20.4. The van der Waals surface area contributed by atoms with Gasteiger partial charge in [-0.05, 0) is 0 Å². The van der Waals surface area contributed by atoms with Gasteiger partial charge in [-0.1, -0.05) is 48.5 Å². The zero-order valence-corrected chi connectivity index (χ0v) is 17.8. The average Bonchev–Trinajstić information content (AvgIpc) is 2.69. The molecule has 0 amide bonds. The number of esters is 3. The lowest BCUT2D eigenvalue weighted by atomic mass is 10.4.